The van der Waals surface area contributed by atoms with Gasteiger partial charge in [-0.2, -0.15) is 5.26 Å². The maximum atomic E-state index is 10.3. The predicted molar refractivity (Wildman–Crippen MR) is 75.8 cm³/mol. The smallest absolute Gasteiger partial charge is 0.141 e. The molecule has 0 aromatic heterocycles. The van der Waals surface area contributed by atoms with Crippen LogP contribution in [-0.4, -0.2) is 5.11 Å². The van der Waals surface area contributed by atoms with Crippen LogP contribution in [0, 0.1) is 11.3 Å². The Morgan fingerprint density at radius 2 is 1.58 bits per heavy atom. The zero-order chi connectivity index (χ0) is 13.2. The Labute approximate surface area is 111 Å². The van der Waals surface area contributed by atoms with Crippen LogP contribution >= 0.6 is 0 Å². The zero-order valence-corrected chi connectivity index (χ0v) is 10.2. The summed E-state index contributed by atoms with van der Waals surface area (Å²) in [5.41, 5.74) is 1.93. The van der Waals surface area contributed by atoms with Gasteiger partial charge in [-0.1, -0.05) is 54.6 Å². The molecule has 0 amide bonds. The fourth-order valence-electron chi connectivity index (χ4n) is 2.32. The van der Waals surface area contributed by atoms with Gasteiger partial charge in [0.1, 0.15) is 11.8 Å². The molecule has 0 radical (unpaired) electrons. The van der Waals surface area contributed by atoms with Gasteiger partial charge in [0, 0.05) is 5.56 Å². The van der Waals surface area contributed by atoms with Crippen molar-refractivity contribution in [2.24, 2.45) is 0 Å². The van der Waals surface area contributed by atoms with Gasteiger partial charge in [-0.25, -0.2) is 0 Å². The molecule has 0 aliphatic rings. The van der Waals surface area contributed by atoms with E-state index in [-0.39, 0.29) is 5.75 Å². The lowest BCUT2D eigenvalue weighted by Crippen LogP contribution is -1.86. The van der Waals surface area contributed by atoms with Crippen molar-refractivity contribution in [1.29, 1.82) is 5.26 Å². The maximum Gasteiger partial charge on any atom is 0.141 e. The van der Waals surface area contributed by atoms with E-state index in [4.69, 9.17) is 5.26 Å². The van der Waals surface area contributed by atoms with E-state index < -0.39 is 0 Å². The summed E-state index contributed by atoms with van der Waals surface area (Å²) in [6.45, 7) is 0. The fraction of sp³-hybridized carbons (Fsp3) is 0. The molecule has 3 aromatic carbocycles. The van der Waals surface area contributed by atoms with Crippen molar-refractivity contribution in [3.05, 3.63) is 66.2 Å². The van der Waals surface area contributed by atoms with Crippen molar-refractivity contribution < 1.29 is 5.11 Å². The molecule has 3 rings (SSSR count). The Morgan fingerprint density at radius 3 is 2.32 bits per heavy atom. The Bertz CT molecular complexity index is 785. The summed E-state index contributed by atoms with van der Waals surface area (Å²) < 4.78 is 0. The number of fused-ring (bicyclic) bond motifs is 1. The van der Waals surface area contributed by atoms with Gasteiger partial charge in [-0.15, -0.1) is 0 Å². The molecular formula is C17H11NO. The highest BCUT2D eigenvalue weighted by Gasteiger charge is 2.13. The average Bonchev–Trinajstić information content (AvgIpc) is 2.47. The van der Waals surface area contributed by atoms with Crippen LogP contribution in [0.3, 0.4) is 0 Å². The van der Waals surface area contributed by atoms with Gasteiger partial charge in [0.05, 0.1) is 5.56 Å². The minimum atomic E-state index is 0.0485. The van der Waals surface area contributed by atoms with Crippen molar-refractivity contribution in [2.75, 3.05) is 0 Å². The van der Waals surface area contributed by atoms with E-state index in [9.17, 15) is 5.11 Å². The normalized spacial score (nSPS) is 10.3. The van der Waals surface area contributed by atoms with Crippen LogP contribution < -0.4 is 0 Å². The third kappa shape index (κ3) is 1.82. The summed E-state index contributed by atoms with van der Waals surface area (Å²) in [5, 5.41) is 21.4. The van der Waals surface area contributed by atoms with Crippen LogP contribution in [0.5, 0.6) is 5.75 Å². The van der Waals surface area contributed by atoms with Crippen LogP contribution in [0.1, 0.15) is 5.56 Å². The van der Waals surface area contributed by atoms with Gasteiger partial charge >= 0.3 is 0 Å². The number of nitriles is 1. The molecule has 1 N–H and O–H groups in total. The first-order valence-corrected chi connectivity index (χ1v) is 6.01. The molecule has 0 aliphatic carbocycles. The van der Waals surface area contributed by atoms with E-state index >= 15 is 0 Å². The summed E-state index contributed by atoms with van der Waals surface area (Å²) in [6, 6.07) is 21.2. The van der Waals surface area contributed by atoms with Crippen molar-refractivity contribution in [3.63, 3.8) is 0 Å². The minimum Gasteiger partial charge on any atom is -0.506 e. The van der Waals surface area contributed by atoms with Gasteiger partial charge in [0.2, 0.25) is 0 Å². The lowest BCUT2D eigenvalue weighted by Gasteiger charge is -2.11. The Balaban J connectivity index is 2.46. The zero-order valence-electron chi connectivity index (χ0n) is 10.2. The van der Waals surface area contributed by atoms with E-state index in [1.807, 2.05) is 60.7 Å². The van der Waals surface area contributed by atoms with Crippen molar-refractivity contribution in [2.45, 2.75) is 0 Å². The summed E-state index contributed by atoms with van der Waals surface area (Å²) in [4.78, 5) is 0. The molecular weight excluding hydrogens is 234 g/mol. The minimum absolute atomic E-state index is 0.0485. The third-order valence-corrected chi connectivity index (χ3v) is 3.20. The summed E-state index contributed by atoms with van der Waals surface area (Å²) in [7, 11) is 0. The molecule has 0 heterocycles. The van der Waals surface area contributed by atoms with Crippen molar-refractivity contribution >= 4 is 10.8 Å². The summed E-state index contributed by atoms with van der Waals surface area (Å²) >= 11 is 0. The molecule has 0 saturated carbocycles. The molecule has 3 aromatic rings. The van der Waals surface area contributed by atoms with Gasteiger partial charge in [-0.3, -0.25) is 0 Å². The summed E-state index contributed by atoms with van der Waals surface area (Å²) in [6.07, 6.45) is 0. The van der Waals surface area contributed by atoms with Gasteiger partial charge in [0.25, 0.3) is 0 Å². The maximum absolute atomic E-state index is 10.3. The number of rotatable bonds is 1. The molecule has 0 unspecified atom stereocenters. The van der Waals surface area contributed by atoms with E-state index in [0.29, 0.717) is 5.56 Å². The second-order valence-electron chi connectivity index (χ2n) is 4.35. The molecule has 90 valence electrons. The first-order valence-electron chi connectivity index (χ1n) is 6.01. The van der Waals surface area contributed by atoms with E-state index in [1.165, 1.54) is 0 Å². The molecule has 2 nitrogen and oxygen atoms in total. The van der Waals surface area contributed by atoms with E-state index in [1.54, 1.807) is 6.07 Å². The van der Waals surface area contributed by atoms with Crippen molar-refractivity contribution in [3.8, 4) is 22.9 Å². The molecule has 19 heavy (non-hydrogen) atoms. The molecule has 0 aliphatic heterocycles. The topological polar surface area (TPSA) is 44.0 Å². The lowest BCUT2D eigenvalue weighted by atomic mass is 9.94. The van der Waals surface area contributed by atoms with Gasteiger partial charge in [0.15, 0.2) is 0 Å². The highest BCUT2D eigenvalue weighted by atomic mass is 16.3. The average molecular weight is 245 g/mol. The number of phenols is 1. The first-order chi connectivity index (χ1) is 9.31. The number of phenolic OH excluding ortho intramolecular Hbond substituents is 1. The fourth-order valence-corrected chi connectivity index (χ4v) is 2.32. The molecule has 2 heteroatoms. The molecule has 0 atom stereocenters. The van der Waals surface area contributed by atoms with Crippen LogP contribution in [0.25, 0.3) is 21.9 Å². The highest BCUT2D eigenvalue weighted by Crippen LogP contribution is 2.38. The number of hydrogen-bond donors (Lipinski definition) is 1. The number of hydrogen-bond acceptors (Lipinski definition) is 2. The molecule has 0 fully saturated rings. The van der Waals surface area contributed by atoms with Crippen LogP contribution in [0.15, 0.2) is 60.7 Å². The Hall–Kier alpha value is -2.79. The quantitative estimate of drug-likeness (QED) is 0.701. The molecule has 0 saturated heterocycles. The van der Waals surface area contributed by atoms with E-state index in [2.05, 4.69) is 0 Å². The Morgan fingerprint density at radius 1 is 0.895 bits per heavy atom. The predicted octanol–water partition coefficient (Wildman–Crippen LogP) is 4.08. The van der Waals surface area contributed by atoms with Crippen LogP contribution in [0.2, 0.25) is 0 Å². The SMILES string of the molecule is N#Cc1cc2ccccc2c(-c2ccccc2)c1O. The monoisotopic (exact) mass is 245 g/mol. The second kappa shape index (κ2) is 4.47. The molecule has 0 spiro atoms. The highest BCUT2D eigenvalue weighted by molar-refractivity contribution is 6.01. The lowest BCUT2D eigenvalue weighted by molar-refractivity contribution is 0.476. The standard InChI is InChI=1S/C17H11NO/c18-11-14-10-13-8-4-5-9-15(13)16(17(14)19)12-6-2-1-3-7-12/h1-10,19H. The number of benzene rings is 3. The second-order valence-corrected chi connectivity index (χ2v) is 4.35. The third-order valence-electron chi connectivity index (χ3n) is 3.20. The van der Waals surface area contributed by atoms with Crippen LogP contribution in [0.4, 0.5) is 0 Å². The number of nitrogens with zero attached hydrogens (tertiary/aromatic N) is 1. The summed E-state index contributed by atoms with van der Waals surface area (Å²) in [5.74, 6) is 0.0485. The van der Waals surface area contributed by atoms with Gasteiger partial charge in [-0.05, 0) is 22.4 Å². The molecule has 0 bridgehead atoms. The Kier molecular flexibility index (Phi) is 2.66. The first kappa shape index (κ1) is 11.3. The largest absolute Gasteiger partial charge is 0.506 e. The van der Waals surface area contributed by atoms with Crippen LogP contribution in [-0.2, 0) is 0 Å². The van der Waals surface area contributed by atoms with E-state index in [0.717, 1.165) is 21.9 Å². The van der Waals surface area contributed by atoms with Gasteiger partial charge < -0.3 is 5.11 Å². The van der Waals surface area contributed by atoms with Crippen molar-refractivity contribution in [1.82, 2.24) is 0 Å². The number of aromatic hydroxyl groups is 1.